The summed E-state index contributed by atoms with van der Waals surface area (Å²) in [4.78, 5) is 28.2. The lowest BCUT2D eigenvalue weighted by molar-refractivity contribution is -0.317. The van der Waals surface area contributed by atoms with Crippen LogP contribution in [0.3, 0.4) is 0 Å². The van der Waals surface area contributed by atoms with Gasteiger partial charge in [0.05, 0.1) is 30.3 Å². The molecule has 0 aliphatic carbocycles. The van der Waals surface area contributed by atoms with Gasteiger partial charge in [0.15, 0.2) is 18.7 Å². The van der Waals surface area contributed by atoms with Crippen LogP contribution in [-0.4, -0.2) is 138 Å². The van der Waals surface area contributed by atoms with E-state index in [1.807, 2.05) is 53.6 Å². The summed E-state index contributed by atoms with van der Waals surface area (Å²) in [5, 5.41) is 35.1. The summed E-state index contributed by atoms with van der Waals surface area (Å²) in [6.45, 7) is 19.3. The van der Waals surface area contributed by atoms with E-state index in [-0.39, 0.29) is 25.0 Å². The van der Waals surface area contributed by atoms with Crippen molar-refractivity contribution in [3.8, 4) is 0 Å². The number of esters is 2. The van der Waals surface area contributed by atoms with E-state index in [0.717, 1.165) is 5.57 Å². The number of aliphatic hydroxyl groups excluding tert-OH is 2. The first kappa shape index (κ1) is 43.8. The molecule has 14 nitrogen and oxygen atoms in total. The van der Waals surface area contributed by atoms with Gasteiger partial charge in [0.1, 0.15) is 40.9 Å². The summed E-state index contributed by atoms with van der Waals surface area (Å²) in [5.41, 5.74) is -3.06. The van der Waals surface area contributed by atoms with Gasteiger partial charge < -0.3 is 58.1 Å². The smallest absolute Gasteiger partial charge is 0.311 e. The molecule has 17 atom stereocenters. The SMILES string of the molecule is CC[C@H]1OC(=O)[C@H](C)[C@@H](O[C@H]2C[C@@](C)(OC)[C@@H](OC(C)=O)[C@H](C)O2)[C@H](C)[C@@H](O[C@@H]2O[C@H](C)C[C@H](N(C)C)[C@H]2O)[C@@]2(C)CC(C)=C(O2)[C@H](C)[C@@H](O)[C@]1(C)O. The van der Waals surface area contributed by atoms with Crippen LogP contribution in [0.2, 0.25) is 0 Å². The van der Waals surface area contributed by atoms with Crippen molar-refractivity contribution in [2.24, 2.45) is 17.8 Å². The van der Waals surface area contributed by atoms with Crippen LogP contribution in [0.5, 0.6) is 0 Å². The van der Waals surface area contributed by atoms with Gasteiger partial charge in [0.25, 0.3) is 0 Å². The molecule has 14 heteroatoms. The number of hydrogen-bond acceptors (Lipinski definition) is 14. The fraction of sp³-hybridized carbons (Fsp3) is 0.897. The maximum absolute atomic E-state index is 14.2. The van der Waals surface area contributed by atoms with Crippen LogP contribution >= 0.6 is 0 Å². The van der Waals surface area contributed by atoms with Crippen LogP contribution in [-0.2, 0) is 47.5 Å². The molecular weight excluding hydrogens is 690 g/mol. The molecule has 2 bridgehead atoms. The number of likely N-dealkylation sites (N-methyl/N-ethyl adjacent to an activating group) is 1. The average molecular weight is 758 g/mol. The zero-order chi connectivity index (χ0) is 40.0. The Morgan fingerprint density at radius 3 is 2.21 bits per heavy atom. The summed E-state index contributed by atoms with van der Waals surface area (Å²) in [7, 11) is 5.34. The van der Waals surface area contributed by atoms with E-state index in [4.69, 9.17) is 37.9 Å². The number of aliphatic hydroxyl groups is 3. The molecule has 306 valence electrons. The summed E-state index contributed by atoms with van der Waals surface area (Å²) in [6.07, 6.45) is -7.43. The first-order valence-corrected chi connectivity index (χ1v) is 19.2. The number of rotatable bonds is 8. The van der Waals surface area contributed by atoms with Gasteiger partial charge in [-0.3, -0.25) is 9.59 Å². The van der Waals surface area contributed by atoms with Crippen molar-refractivity contribution in [2.45, 2.75) is 186 Å². The quantitative estimate of drug-likeness (QED) is 0.308. The molecule has 3 N–H and O–H groups in total. The second-order valence-corrected chi connectivity index (χ2v) is 16.9. The second kappa shape index (κ2) is 16.7. The van der Waals surface area contributed by atoms with Gasteiger partial charge in [0.2, 0.25) is 0 Å². The maximum atomic E-state index is 14.2. The Bertz CT molecular complexity index is 1320. The fourth-order valence-corrected chi connectivity index (χ4v) is 9.12. The van der Waals surface area contributed by atoms with Crippen LogP contribution in [0.15, 0.2) is 11.3 Å². The maximum Gasteiger partial charge on any atom is 0.311 e. The van der Waals surface area contributed by atoms with Crippen molar-refractivity contribution in [2.75, 3.05) is 21.2 Å². The lowest BCUT2D eigenvalue weighted by Gasteiger charge is -2.49. The van der Waals surface area contributed by atoms with E-state index >= 15 is 0 Å². The Kier molecular flexibility index (Phi) is 13.8. The average Bonchev–Trinajstić information content (AvgIpc) is 3.39. The van der Waals surface area contributed by atoms with Crippen molar-refractivity contribution in [1.29, 1.82) is 0 Å². The van der Waals surface area contributed by atoms with Crippen molar-refractivity contribution < 1.29 is 62.8 Å². The zero-order valence-corrected chi connectivity index (χ0v) is 34.3. The highest BCUT2D eigenvalue weighted by atomic mass is 16.7. The largest absolute Gasteiger partial charge is 0.489 e. The Labute approximate surface area is 315 Å². The minimum atomic E-state index is -1.84. The number of fused-ring (bicyclic) bond motifs is 2. The molecule has 0 radical (unpaired) electrons. The summed E-state index contributed by atoms with van der Waals surface area (Å²) >= 11 is 0. The molecule has 0 aromatic carbocycles. The molecular formula is C39H67NO13. The Hall–Kier alpha value is -1.88. The van der Waals surface area contributed by atoms with E-state index in [1.165, 1.54) is 21.0 Å². The van der Waals surface area contributed by atoms with Crippen molar-refractivity contribution >= 4 is 11.9 Å². The number of hydrogen-bond donors (Lipinski definition) is 3. The molecule has 0 aromatic heterocycles. The normalized spacial score (nSPS) is 47.2. The number of cyclic esters (lactones) is 1. The minimum Gasteiger partial charge on any atom is -0.489 e. The van der Waals surface area contributed by atoms with Gasteiger partial charge in [-0.2, -0.15) is 0 Å². The number of carbonyl (C=O) groups is 2. The van der Waals surface area contributed by atoms with E-state index in [0.29, 0.717) is 18.6 Å². The third-order valence-electron chi connectivity index (χ3n) is 12.2. The molecule has 4 aliphatic rings. The minimum absolute atomic E-state index is 0.156. The lowest BCUT2D eigenvalue weighted by Crippen LogP contribution is -2.60. The highest BCUT2D eigenvalue weighted by Gasteiger charge is 2.56. The summed E-state index contributed by atoms with van der Waals surface area (Å²) in [5.74, 6) is -2.89. The molecule has 3 saturated heterocycles. The number of nitrogens with zero attached hydrogens (tertiary/aromatic N) is 1. The van der Waals surface area contributed by atoms with Crippen LogP contribution in [0.4, 0.5) is 0 Å². The van der Waals surface area contributed by atoms with Crippen LogP contribution in [0, 0.1) is 17.8 Å². The standard InChI is InChI=1S/C39H67NO13/c1-15-27-39(11,45)32(43)21(4)30-19(2)17-38(10,53-30)33(52-36-29(42)26(40(12)13)16-20(3)47-36)22(5)31(23(6)35(44)50-27)51-28-18-37(9,46-14)34(24(7)48-28)49-25(8)41/h20-24,26-29,31-34,36,42-43,45H,15-18H2,1-14H3/t20-,21+,22+,23-,24+,26+,27-,28+,29-,31+,32-,33-,34+,36+,37-,38-,39-/m1/s1. The van der Waals surface area contributed by atoms with Gasteiger partial charge in [-0.1, -0.05) is 20.8 Å². The zero-order valence-electron chi connectivity index (χ0n) is 34.3. The Morgan fingerprint density at radius 2 is 1.64 bits per heavy atom. The predicted molar refractivity (Wildman–Crippen MR) is 193 cm³/mol. The van der Waals surface area contributed by atoms with Gasteiger partial charge in [-0.05, 0) is 81.0 Å². The third kappa shape index (κ3) is 8.91. The van der Waals surface area contributed by atoms with Crippen LogP contribution < -0.4 is 0 Å². The van der Waals surface area contributed by atoms with Gasteiger partial charge in [-0.15, -0.1) is 0 Å². The predicted octanol–water partition coefficient (Wildman–Crippen LogP) is 3.46. The molecule has 4 heterocycles. The monoisotopic (exact) mass is 757 g/mol. The van der Waals surface area contributed by atoms with E-state index in [2.05, 4.69) is 0 Å². The molecule has 4 rings (SSSR count). The van der Waals surface area contributed by atoms with E-state index < -0.39 is 102 Å². The molecule has 0 saturated carbocycles. The van der Waals surface area contributed by atoms with Crippen molar-refractivity contribution in [3.63, 3.8) is 0 Å². The molecule has 0 amide bonds. The lowest BCUT2D eigenvalue weighted by atomic mass is 9.78. The van der Waals surface area contributed by atoms with Gasteiger partial charge in [0, 0.05) is 44.8 Å². The first-order chi connectivity index (χ1) is 24.5. The topological polar surface area (TPSA) is 172 Å². The Balaban J connectivity index is 1.83. The van der Waals surface area contributed by atoms with Crippen molar-refractivity contribution in [3.05, 3.63) is 11.3 Å². The molecule has 4 aliphatic heterocycles. The number of carbonyl (C=O) groups excluding carboxylic acids is 2. The molecule has 0 unspecified atom stereocenters. The fourth-order valence-electron chi connectivity index (χ4n) is 9.12. The highest BCUT2D eigenvalue weighted by molar-refractivity contribution is 5.73. The molecule has 3 fully saturated rings. The second-order valence-electron chi connectivity index (χ2n) is 16.9. The van der Waals surface area contributed by atoms with Gasteiger partial charge in [-0.25, -0.2) is 0 Å². The van der Waals surface area contributed by atoms with Crippen molar-refractivity contribution in [1.82, 2.24) is 4.90 Å². The Morgan fingerprint density at radius 1 is 1.00 bits per heavy atom. The van der Waals surface area contributed by atoms with Crippen LogP contribution in [0.1, 0.15) is 102 Å². The van der Waals surface area contributed by atoms with E-state index in [1.54, 1.807) is 27.7 Å². The van der Waals surface area contributed by atoms with E-state index in [9.17, 15) is 24.9 Å². The molecule has 0 spiro atoms. The summed E-state index contributed by atoms with van der Waals surface area (Å²) in [6, 6.07) is -0.250. The summed E-state index contributed by atoms with van der Waals surface area (Å²) < 4.78 is 50.8. The third-order valence-corrected chi connectivity index (χ3v) is 12.2. The van der Waals surface area contributed by atoms with Crippen LogP contribution in [0.25, 0.3) is 0 Å². The first-order valence-electron chi connectivity index (χ1n) is 19.2. The number of methoxy groups -OCH3 is 1. The molecule has 0 aromatic rings. The highest BCUT2D eigenvalue weighted by Crippen LogP contribution is 2.47. The number of ether oxygens (including phenoxy) is 8. The molecule has 53 heavy (non-hydrogen) atoms. The van der Waals surface area contributed by atoms with Gasteiger partial charge >= 0.3 is 11.9 Å².